The molecule has 7 heteroatoms. The van der Waals surface area contributed by atoms with Crippen LogP contribution >= 0.6 is 0 Å². The Labute approximate surface area is 177 Å². The van der Waals surface area contributed by atoms with Crippen molar-refractivity contribution in [3.05, 3.63) is 52.8 Å². The van der Waals surface area contributed by atoms with Crippen LogP contribution in [0, 0.1) is 6.92 Å². The standard InChI is InChI=1S/C23H31N3O4/c1-4-29-22(27)20-16(3)21(23(28)30-5-2)25-19(20)15-26-13-11-18(12-14-26)24-17-9-7-6-8-10-17/h6-10,18,24-25H,4-5,11-15H2,1-3H3. The third-order valence-corrected chi connectivity index (χ3v) is 5.40. The monoisotopic (exact) mass is 413 g/mol. The van der Waals surface area contributed by atoms with Gasteiger partial charge >= 0.3 is 11.9 Å². The van der Waals surface area contributed by atoms with Gasteiger partial charge in [-0.2, -0.15) is 0 Å². The predicted molar refractivity (Wildman–Crippen MR) is 116 cm³/mol. The molecule has 7 nitrogen and oxygen atoms in total. The van der Waals surface area contributed by atoms with Crippen LogP contribution in [-0.4, -0.2) is 54.2 Å². The highest BCUT2D eigenvalue weighted by molar-refractivity contribution is 5.98. The minimum absolute atomic E-state index is 0.281. The van der Waals surface area contributed by atoms with E-state index in [1.807, 2.05) is 18.2 Å². The number of hydrogen-bond donors (Lipinski definition) is 2. The lowest BCUT2D eigenvalue weighted by Gasteiger charge is -2.32. The number of benzene rings is 1. The van der Waals surface area contributed by atoms with Crippen molar-refractivity contribution >= 4 is 17.6 Å². The number of piperidine rings is 1. The summed E-state index contributed by atoms with van der Waals surface area (Å²) in [6.07, 6.45) is 2.02. The van der Waals surface area contributed by atoms with Crippen LogP contribution in [0.3, 0.4) is 0 Å². The van der Waals surface area contributed by atoms with E-state index in [0.717, 1.165) is 31.6 Å². The molecule has 0 amide bonds. The number of likely N-dealkylation sites (tertiary alicyclic amines) is 1. The topological polar surface area (TPSA) is 83.7 Å². The second-order valence-electron chi connectivity index (χ2n) is 7.48. The zero-order chi connectivity index (χ0) is 21.5. The van der Waals surface area contributed by atoms with Crippen LogP contribution in [-0.2, 0) is 16.0 Å². The molecule has 1 aromatic carbocycles. The Morgan fingerprint density at radius 1 is 1.07 bits per heavy atom. The van der Waals surface area contributed by atoms with Crippen LogP contribution in [0.1, 0.15) is 58.8 Å². The number of H-pyrrole nitrogens is 1. The summed E-state index contributed by atoms with van der Waals surface area (Å²) < 4.78 is 10.4. The first-order valence-electron chi connectivity index (χ1n) is 10.6. The van der Waals surface area contributed by atoms with Gasteiger partial charge in [0.15, 0.2) is 0 Å². The van der Waals surface area contributed by atoms with Crippen LogP contribution < -0.4 is 5.32 Å². The Morgan fingerprint density at radius 3 is 2.33 bits per heavy atom. The van der Waals surface area contributed by atoms with Crippen LogP contribution in [0.25, 0.3) is 0 Å². The quantitative estimate of drug-likeness (QED) is 0.641. The maximum absolute atomic E-state index is 12.6. The van der Waals surface area contributed by atoms with E-state index in [1.165, 1.54) is 0 Å². The molecule has 0 atom stereocenters. The molecule has 162 valence electrons. The van der Waals surface area contributed by atoms with E-state index in [4.69, 9.17) is 9.47 Å². The fourth-order valence-electron chi connectivity index (χ4n) is 3.89. The van der Waals surface area contributed by atoms with Crippen molar-refractivity contribution in [1.82, 2.24) is 9.88 Å². The number of para-hydroxylation sites is 1. The lowest BCUT2D eigenvalue weighted by atomic mass is 10.0. The number of aromatic nitrogens is 1. The van der Waals surface area contributed by atoms with Crippen LogP contribution in [0.5, 0.6) is 0 Å². The van der Waals surface area contributed by atoms with Crippen molar-refractivity contribution in [3.63, 3.8) is 0 Å². The average Bonchev–Trinajstić information content (AvgIpc) is 3.06. The van der Waals surface area contributed by atoms with E-state index < -0.39 is 11.9 Å². The van der Waals surface area contributed by atoms with Crippen molar-refractivity contribution < 1.29 is 19.1 Å². The van der Waals surface area contributed by atoms with Crippen molar-refractivity contribution in [1.29, 1.82) is 0 Å². The van der Waals surface area contributed by atoms with E-state index in [1.54, 1.807) is 20.8 Å². The van der Waals surface area contributed by atoms with E-state index in [0.29, 0.717) is 35.1 Å². The zero-order valence-electron chi connectivity index (χ0n) is 18.0. The molecule has 2 heterocycles. The molecule has 2 N–H and O–H groups in total. The minimum atomic E-state index is -0.447. The molecule has 0 spiro atoms. The second-order valence-corrected chi connectivity index (χ2v) is 7.48. The Balaban J connectivity index is 1.69. The molecule has 1 saturated heterocycles. The van der Waals surface area contributed by atoms with Gasteiger partial charge in [-0.3, -0.25) is 4.90 Å². The summed E-state index contributed by atoms with van der Waals surface area (Å²) in [5, 5.41) is 3.58. The molecule has 0 bridgehead atoms. The van der Waals surface area contributed by atoms with E-state index in [2.05, 4.69) is 27.3 Å². The van der Waals surface area contributed by atoms with Crippen molar-refractivity contribution in [2.75, 3.05) is 31.6 Å². The summed E-state index contributed by atoms with van der Waals surface area (Å²) in [7, 11) is 0. The first-order chi connectivity index (χ1) is 14.5. The Morgan fingerprint density at radius 2 is 1.70 bits per heavy atom. The number of ether oxygens (including phenoxy) is 2. The number of carbonyl (C=O) groups is 2. The summed E-state index contributed by atoms with van der Waals surface area (Å²) in [5.74, 6) is -0.852. The highest BCUT2D eigenvalue weighted by Gasteiger charge is 2.28. The summed E-state index contributed by atoms with van der Waals surface area (Å²) in [4.78, 5) is 30.3. The average molecular weight is 414 g/mol. The van der Waals surface area contributed by atoms with E-state index in [9.17, 15) is 9.59 Å². The number of rotatable bonds is 8. The summed E-state index contributed by atoms with van der Waals surface area (Å²) in [6.45, 7) is 8.23. The fourth-order valence-corrected chi connectivity index (χ4v) is 3.89. The first kappa shape index (κ1) is 21.9. The number of hydrogen-bond acceptors (Lipinski definition) is 6. The van der Waals surface area contributed by atoms with Crippen LogP contribution in [0.4, 0.5) is 5.69 Å². The van der Waals surface area contributed by atoms with Crippen molar-refractivity contribution in [2.45, 2.75) is 46.2 Å². The summed E-state index contributed by atoms with van der Waals surface area (Å²) in [5.41, 5.74) is 3.21. The van der Waals surface area contributed by atoms with Gasteiger partial charge < -0.3 is 19.8 Å². The third kappa shape index (κ3) is 5.21. The van der Waals surface area contributed by atoms with Crippen molar-refractivity contribution in [3.8, 4) is 0 Å². The molecule has 3 rings (SSSR count). The molecule has 30 heavy (non-hydrogen) atoms. The normalized spacial score (nSPS) is 15.0. The zero-order valence-corrected chi connectivity index (χ0v) is 18.0. The summed E-state index contributed by atoms with van der Waals surface area (Å²) in [6, 6.07) is 10.7. The highest BCUT2D eigenvalue weighted by Crippen LogP contribution is 2.24. The lowest BCUT2D eigenvalue weighted by Crippen LogP contribution is -2.39. The first-order valence-corrected chi connectivity index (χ1v) is 10.6. The van der Waals surface area contributed by atoms with Gasteiger partial charge in [-0.25, -0.2) is 9.59 Å². The maximum atomic E-state index is 12.6. The molecule has 0 aliphatic carbocycles. The maximum Gasteiger partial charge on any atom is 0.355 e. The lowest BCUT2D eigenvalue weighted by molar-refractivity contribution is 0.0516. The number of nitrogens with one attached hydrogen (secondary N) is 2. The molecule has 1 aliphatic heterocycles. The van der Waals surface area contributed by atoms with Gasteiger partial charge in [-0.05, 0) is 51.3 Å². The van der Waals surface area contributed by atoms with Gasteiger partial charge in [-0.1, -0.05) is 18.2 Å². The Kier molecular flexibility index (Phi) is 7.52. The molecule has 1 aliphatic rings. The molecule has 1 aromatic heterocycles. The molecular formula is C23H31N3O4. The molecule has 2 aromatic rings. The highest BCUT2D eigenvalue weighted by atomic mass is 16.5. The van der Waals surface area contributed by atoms with Gasteiger partial charge in [0.2, 0.25) is 0 Å². The molecular weight excluding hydrogens is 382 g/mol. The Hall–Kier alpha value is -2.80. The SMILES string of the molecule is CCOC(=O)c1[nH]c(CN2CCC(Nc3ccccc3)CC2)c(C(=O)OCC)c1C. The predicted octanol–water partition coefficient (Wildman–Crippen LogP) is 3.75. The van der Waals surface area contributed by atoms with Crippen LogP contribution in [0.15, 0.2) is 30.3 Å². The van der Waals surface area contributed by atoms with E-state index in [-0.39, 0.29) is 13.2 Å². The second kappa shape index (κ2) is 10.3. The van der Waals surface area contributed by atoms with Gasteiger partial charge in [-0.15, -0.1) is 0 Å². The molecule has 0 unspecified atom stereocenters. The van der Waals surface area contributed by atoms with Gasteiger partial charge in [0, 0.05) is 37.1 Å². The van der Waals surface area contributed by atoms with Crippen molar-refractivity contribution in [2.24, 2.45) is 0 Å². The molecule has 1 fully saturated rings. The van der Waals surface area contributed by atoms with Gasteiger partial charge in [0.1, 0.15) is 5.69 Å². The summed E-state index contributed by atoms with van der Waals surface area (Å²) >= 11 is 0. The Bertz CT molecular complexity index is 855. The smallest absolute Gasteiger partial charge is 0.355 e. The fraction of sp³-hybridized carbons (Fsp3) is 0.478. The largest absolute Gasteiger partial charge is 0.462 e. The number of nitrogens with zero attached hydrogens (tertiary/aromatic N) is 1. The van der Waals surface area contributed by atoms with Gasteiger partial charge in [0.25, 0.3) is 0 Å². The van der Waals surface area contributed by atoms with Gasteiger partial charge in [0.05, 0.1) is 18.8 Å². The number of carbonyl (C=O) groups excluding carboxylic acids is 2. The molecule has 0 radical (unpaired) electrons. The molecule has 0 saturated carbocycles. The van der Waals surface area contributed by atoms with Crippen LogP contribution in [0.2, 0.25) is 0 Å². The minimum Gasteiger partial charge on any atom is -0.462 e. The number of esters is 2. The van der Waals surface area contributed by atoms with E-state index >= 15 is 0 Å². The third-order valence-electron chi connectivity index (χ3n) is 5.40. The number of anilines is 1. The number of aromatic amines is 1.